The molecular formula is C23H30N2O2. The minimum atomic E-state index is -0.728. The lowest BCUT2D eigenvalue weighted by Gasteiger charge is -2.53. The second kappa shape index (κ2) is 7.25. The highest BCUT2D eigenvalue weighted by Crippen LogP contribution is 2.49. The first-order valence-corrected chi connectivity index (χ1v) is 10.0. The van der Waals surface area contributed by atoms with Crippen molar-refractivity contribution in [3.8, 4) is 5.75 Å². The van der Waals surface area contributed by atoms with Crippen molar-refractivity contribution >= 4 is 0 Å². The predicted octanol–water partition coefficient (Wildman–Crippen LogP) is 3.83. The molecule has 0 amide bonds. The average Bonchev–Trinajstić information content (AvgIpc) is 2.67. The Labute approximate surface area is 162 Å². The fraction of sp³-hybridized carbons (Fsp3) is 0.522. The Bertz CT molecular complexity index is 792. The van der Waals surface area contributed by atoms with Gasteiger partial charge >= 0.3 is 0 Å². The van der Waals surface area contributed by atoms with Crippen LogP contribution >= 0.6 is 0 Å². The number of hydrogen-bond donors (Lipinski definition) is 1. The van der Waals surface area contributed by atoms with E-state index in [2.05, 4.69) is 35.9 Å². The van der Waals surface area contributed by atoms with Crippen LogP contribution in [0.5, 0.6) is 5.75 Å². The van der Waals surface area contributed by atoms with Crippen molar-refractivity contribution in [2.45, 2.75) is 45.3 Å². The largest absolute Gasteiger partial charge is 0.496 e. The van der Waals surface area contributed by atoms with E-state index in [0.717, 1.165) is 43.8 Å². The van der Waals surface area contributed by atoms with Gasteiger partial charge in [-0.3, -0.25) is 9.88 Å². The zero-order chi connectivity index (χ0) is 19.0. The van der Waals surface area contributed by atoms with Gasteiger partial charge in [0.2, 0.25) is 0 Å². The Morgan fingerprint density at radius 3 is 2.52 bits per heavy atom. The van der Waals surface area contributed by atoms with E-state index in [1.54, 1.807) is 13.3 Å². The molecule has 1 saturated carbocycles. The Hall–Kier alpha value is -1.91. The quantitative estimate of drug-likeness (QED) is 0.893. The summed E-state index contributed by atoms with van der Waals surface area (Å²) >= 11 is 0. The maximum Gasteiger partial charge on any atom is 0.122 e. The van der Waals surface area contributed by atoms with Crippen molar-refractivity contribution in [3.63, 3.8) is 0 Å². The highest BCUT2D eigenvalue weighted by molar-refractivity contribution is 5.43. The van der Waals surface area contributed by atoms with Gasteiger partial charge in [0.25, 0.3) is 0 Å². The number of piperidine rings is 1. The lowest BCUT2D eigenvalue weighted by atomic mass is 9.63. The molecule has 4 heteroatoms. The first-order chi connectivity index (χ1) is 13.0. The molecule has 1 aromatic heterocycles. The predicted molar refractivity (Wildman–Crippen MR) is 107 cm³/mol. The number of fused-ring (bicyclic) bond motifs is 2. The van der Waals surface area contributed by atoms with Crippen LogP contribution in [0.3, 0.4) is 0 Å². The number of methoxy groups -OCH3 is 1. The summed E-state index contributed by atoms with van der Waals surface area (Å²) in [4.78, 5) is 6.81. The topological polar surface area (TPSA) is 45.6 Å². The second-order valence-corrected chi connectivity index (χ2v) is 8.26. The van der Waals surface area contributed by atoms with Crippen LogP contribution in [0.25, 0.3) is 0 Å². The number of ether oxygens (including phenoxy) is 1. The third kappa shape index (κ3) is 3.15. The molecule has 27 heavy (non-hydrogen) atoms. The van der Waals surface area contributed by atoms with Crippen LogP contribution in [0.15, 0.2) is 36.7 Å². The fourth-order valence-corrected chi connectivity index (χ4v) is 5.23. The molecule has 1 unspecified atom stereocenters. The first-order valence-electron chi connectivity index (χ1n) is 10.0. The van der Waals surface area contributed by atoms with Gasteiger partial charge in [-0.05, 0) is 55.5 Å². The maximum atomic E-state index is 11.7. The van der Waals surface area contributed by atoms with Crippen LogP contribution in [0.1, 0.15) is 41.5 Å². The van der Waals surface area contributed by atoms with Gasteiger partial charge in [-0.25, -0.2) is 0 Å². The first kappa shape index (κ1) is 18.5. The Balaban J connectivity index is 1.57. The molecule has 4 nitrogen and oxygen atoms in total. The number of nitrogens with zero attached hydrogens (tertiary/aromatic N) is 2. The van der Waals surface area contributed by atoms with Gasteiger partial charge in [0, 0.05) is 49.4 Å². The van der Waals surface area contributed by atoms with Gasteiger partial charge in [0.15, 0.2) is 0 Å². The van der Waals surface area contributed by atoms with Crippen LogP contribution in [0.2, 0.25) is 0 Å². The van der Waals surface area contributed by atoms with Crippen LogP contribution < -0.4 is 4.74 Å². The molecule has 1 aliphatic carbocycles. The minimum absolute atomic E-state index is 0.272. The number of aromatic nitrogens is 1. The number of benzene rings is 1. The van der Waals surface area contributed by atoms with Crippen molar-refractivity contribution in [1.29, 1.82) is 0 Å². The fourth-order valence-electron chi connectivity index (χ4n) is 5.23. The third-order valence-electron chi connectivity index (χ3n) is 6.89. The number of hydrogen-bond acceptors (Lipinski definition) is 4. The van der Waals surface area contributed by atoms with Gasteiger partial charge in [-0.2, -0.15) is 0 Å². The van der Waals surface area contributed by atoms with Crippen LogP contribution in [0, 0.1) is 25.7 Å². The average molecular weight is 367 g/mol. The van der Waals surface area contributed by atoms with Crippen LogP contribution in [-0.2, 0) is 12.1 Å². The van der Waals surface area contributed by atoms with Crippen LogP contribution in [-0.4, -0.2) is 35.2 Å². The molecule has 2 fully saturated rings. The molecule has 2 aliphatic rings. The van der Waals surface area contributed by atoms with Gasteiger partial charge < -0.3 is 9.84 Å². The lowest BCUT2D eigenvalue weighted by molar-refractivity contribution is -0.148. The number of rotatable bonds is 4. The molecule has 4 rings (SSSR count). The minimum Gasteiger partial charge on any atom is -0.496 e. The van der Waals surface area contributed by atoms with Gasteiger partial charge in [0.1, 0.15) is 5.75 Å². The molecule has 1 saturated heterocycles. The number of pyridine rings is 1. The summed E-state index contributed by atoms with van der Waals surface area (Å²) in [6, 6.07) is 8.26. The molecule has 1 aliphatic heterocycles. The molecule has 1 aromatic carbocycles. The zero-order valence-corrected chi connectivity index (χ0v) is 16.6. The molecule has 2 heterocycles. The van der Waals surface area contributed by atoms with Gasteiger partial charge in [0.05, 0.1) is 12.7 Å². The Morgan fingerprint density at radius 2 is 1.89 bits per heavy atom. The van der Waals surface area contributed by atoms with Crippen molar-refractivity contribution in [1.82, 2.24) is 9.88 Å². The summed E-state index contributed by atoms with van der Waals surface area (Å²) in [6.07, 6.45) is 7.02. The highest BCUT2D eigenvalue weighted by Gasteiger charge is 2.51. The van der Waals surface area contributed by atoms with Crippen molar-refractivity contribution < 1.29 is 9.84 Å². The smallest absolute Gasteiger partial charge is 0.122 e. The third-order valence-corrected chi connectivity index (χ3v) is 6.89. The van der Waals surface area contributed by atoms with Crippen molar-refractivity contribution in [2.75, 3.05) is 20.2 Å². The second-order valence-electron chi connectivity index (χ2n) is 8.26. The van der Waals surface area contributed by atoms with E-state index in [0.29, 0.717) is 0 Å². The molecule has 144 valence electrons. The van der Waals surface area contributed by atoms with E-state index in [-0.39, 0.29) is 11.8 Å². The summed E-state index contributed by atoms with van der Waals surface area (Å²) in [5.74, 6) is 1.50. The Morgan fingerprint density at radius 1 is 1.15 bits per heavy atom. The number of aliphatic hydroxyl groups is 1. The van der Waals surface area contributed by atoms with Crippen molar-refractivity contribution in [3.05, 3.63) is 58.9 Å². The zero-order valence-electron chi connectivity index (χ0n) is 16.6. The Kier molecular flexibility index (Phi) is 4.95. The normalized spacial score (nSPS) is 28.1. The van der Waals surface area contributed by atoms with Crippen molar-refractivity contribution in [2.24, 2.45) is 11.8 Å². The molecule has 0 radical (unpaired) electrons. The summed E-state index contributed by atoms with van der Waals surface area (Å²) in [7, 11) is 1.73. The molecule has 2 aromatic rings. The van der Waals surface area contributed by atoms with E-state index < -0.39 is 5.60 Å². The summed E-state index contributed by atoms with van der Waals surface area (Å²) in [6.45, 7) is 7.12. The molecule has 2 bridgehead atoms. The molecule has 0 spiro atoms. The van der Waals surface area contributed by atoms with E-state index in [4.69, 9.17) is 4.74 Å². The molecular weight excluding hydrogens is 336 g/mol. The van der Waals surface area contributed by atoms with Gasteiger partial charge in [-0.1, -0.05) is 18.6 Å². The monoisotopic (exact) mass is 366 g/mol. The van der Waals surface area contributed by atoms with Gasteiger partial charge in [-0.15, -0.1) is 0 Å². The van der Waals surface area contributed by atoms with Crippen LogP contribution in [0.4, 0.5) is 0 Å². The summed E-state index contributed by atoms with van der Waals surface area (Å²) in [5.41, 5.74) is 4.16. The van der Waals surface area contributed by atoms with E-state index in [9.17, 15) is 5.11 Å². The highest BCUT2D eigenvalue weighted by atomic mass is 16.5. The van der Waals surface area contributed by atoms with E-state index in [1.807, 2.05) is 18.3 Å². The standard InChI is InChI=1S/C23H30N2O2/c1-16-17(2)22(27-3)10-9-18(16)13-25-14-20-6-4-7-21(15-25)23(20,26)19-8-5-11-24-12-19/h5,8-12,20-21,26H,4,6-7,13-15H2,1-3H3/t20-,21+,23?. The summed E-state index contributed by atoms with van der Waals surface area (Å²) in [5, 5.41) is 11.7. The maximum absolute atomic E-state index is 11.7. The molecule has 3 atom stereocenters. The number of likely N-dealkylation sites (tertiary alicyclic amines) is 1. The van der Waals surface area contributed by atoms with E-state index in [1.165, 1.54) is 23.1 Å². The van der Waals surface area contributed by atoms with E-state index >= 15 is 0 Å². The SMILES string of the molecule is COc1ccc(CN2C[C@H]3CCC[C@@H](C2)C3(O)c2cccnc2)c(C)c1C. The summed E-state index contributed by atoms with van der Waals surface area (Å²) < 4.78 is 5.46. The lowest BCUT2D eigenvalue weighted by Crippen LogP contribution is -2.57. The molecule has 1 N–H and O–H groups in total.